The molecule has 0 aliphatic heterocycles. The summed E-state index contributed by atoms with van der Waals surface area (Å²) >= 11 is 0. The molecular formula is C14HF25O3S. The van der Waals surface area contributed by atoms with Crippen molar-refractivity contribution in [1.82, 2.24) is 0 Å². The third-order valence-corrected chi connectivity index (χ3v) is 5.45. The summed E-state index contributed by atoms with van der Waals surface area (Å²) in [6.07, 6.45) is -8.05. The normalized spacial score (nSPS) is 17.5. The molecule has 29 heteroatoms. The second kappa shape index (κ2) is 10.3. The average Bonchev–Trinajstić information content (AvgIpc) is 2.79. The molecule has 256 valence electrons. The Balaban J connectivity index is 7.37. The summed E-state index contributed by atoms with van der Waals surface area (Å²) < 4.78 is 355. The van der Waals surface area contributed by atoms with Crippen LogP contribution in [0.1, 0.15) is 0 Å². The number of hydrogen-bond acceptors (Lipinski definition) is 2. The van der Waals surface area contributed by atoms with Crippen LogP contribution in [0.15, 0.2) is 23.3 Å². The van der Waals surface area contributed by atoms with Crippen molar-refractivity contribution in [2.45, 2.75) is 58.8 Å². The van der Waals surface area contributed by atoms with Gasteiger partial charge < -0.3 is 0 Å². The van der Waals surface area contributed by atoms with E-state index in [0.29, 0.717) is 0 Å². The highest BCUT2D eigenvalue weighted by Crippen LogP contribution is 2.62. The summed E-state index contributed by atoms with van der Waals surface area (Å²) in [6, 6.07) is 0. The van der Waals surface area contributed by atoms with E-state index < -0.39 is 92.2 Å². The standard InChI is InChI=1S/C14HF25O3S/c15-1(2(16)4(18)6(21,22)8(25,26)12(33,34)14(38,39)43(40,41)42)3(17)5(19,20)7(23,24)9(27,28)10(29,30)11(31,32)13(35,36)37/h(H,40,41,42)/b3-1+,4-2+. The van der Waals surface area contributed by atoms with Crippen molar-refractivity contribution in [3.63, 3.8) is 0 Å². The van der Waals surface area contributed by atoms with Crippen LogP contribution in [0.4, 0.5) is 110 Å². The Labute approximate surface area is 216 Å². The molecule has 0 aliphatic rings. The van der Waals surface area contributed by atoms with Gasteiger partial charge in [-0.1, -0.05) is 0 Å². The fourth-order valence-corrected chi connectivity index (χ4v) is 2.51. The molecule has 0 aromatic carbocycles. The minimum atomic E-state index is -8.99. The van der Waals surface area contributed by atoms with Crippen molar-refractivity contribution >= 4 is 10.1 Å². The first-order valence-corrected chi connectivity index (χ1v) is 10.1. The third-order valence-electron chi connectivity index (χ3n) is 4.54. The van der Waals surface area contributed by atoms with Gasteiger partial charge in [-0.25, -0.2) is 17.6 Å². The Kier molecular flexibility index (Phi) is 9.78. The van der Waals surface area contributed by atoms with Crippen LogP contribution in [-0.2, 0) is 10.1 Å². The maximum Gasteiger partial charge on any atom is 0.460 e. The van der Waals surface area contributed by atoms with E-state index in [4.69, 9.17) is 4.55 Å². The van der Waals surface area contributed by atoms with Gasteiger partial charge in [-0.2, -0.15) is 101 Å². The molecule has 0 amide bonds. The van der Waals surface area contributed by atoms with Gasteiger partial charge in [0, 0.05) is 0 Å². The highest BCUT2D eigenvalue weighted by molar-refractivity contribution is 7.87. The van der Waals surface area contributed by atoms with Crippen molar-refractivity contribution in [1.29, 1.82) is 0 Å². The summed E-state index contributed by atoms with van der Waals surface area (Å²) in [5.74, 6) is -91.1. The van der Waals surface area contributed by atoms with Crippen molar-refractivity contribution in [2.24, 2.45) is 0 Å². The molecule has 0 bridgehead atoms. The van der Waals surface area contributed by atoms with Gasteiger partial charge in [-0.3, -0.25) is 4.55 Å². The first-order valence-electron chi connectivity index (χ1n) is 8.69. The summed E-state index contributed by atoms with van der Waals surface area (Å²) in [5, 5.41) is -7.87. The van der Waals surface area contributed by atoms with Crippen molar-refractivity contribution in [3.05, 3.63) is 23.3 Å². The lowest BCUT2D eigenvalue weighted by molar-refractivity contribution is -0.437. The minimum absolute atomic E-state index is 5.33. The molecule has 0 aromatic heterocycles. The Morgan fingerprint density at radius 2 is 0.628 bits per heavy atom. The third kappa shape index (κ3) is 5.33. The van der Waals surface area contributed by atoms with Gasteiger partial charge in [0.05, 0.1) is 0 Å². The summed E-state index contributed by atoms with van der Waals surface area (Å²) in [7, 11) is -7.97. The Hall–Kier alpha value is -2.36. The van der Waals surface area contributed by atoms with Gasteiger partial charge in [0.15, 0.2) is 11.7 Å². The van der Waals surface area contributed by atoms with Gasteiger partial charge in [-0.05, 0) is 0 Å². The molecule has 0 radical (unpaired) electrons. The van der Waals surface area contributed by atoms with Crippen molar-refractivity contribution < 1.29 is 123 Å². The number of alkyl halides is 21. The first kappa shape index (κ1) is 40.6. The van der Waals surface area contributed by atoms with Crippen LogP contribution >= 0.6 is 0 Å². The smallest absolute Gasteiger partial charge is 0.281 e. The van der Waals surface area contributed by atoms with Gasteiger partial charge in [0.2, 0.25) is 11.7 Å². The average molecular weight is 724 g/mol. The van der Waals surface area contributed by atoms with Gasteiger partial charge in [0.25, 0.3) is 0 Å². The zero-order chi connectivity index (χ0) is 35.8. The van der Waals surface area contributed by atoms with E-state index in [-0.39, 0.29) is 0 Å². The molecular weight excluding hydrogens is 723 g/mol. The van der Waals surface area contributed by atoms with E-state index in [1.54, 1.807) is 0 Å². The molecule has 0 fully saturated rings. The fourth-order valence-electron chi connectivity index (χ4n) is 2.06. The molecule has 43 heavy (non-hydrogen) atoms. The van der Waals surface area contributed by atoms with E-state index in [9.17, 15) is 118 Å². The van der Waals surface area contributed by atoms with Crippen LogP contribution in [-0.4, -0.2) is 71.8 Å². The number of rotatable bonds is 11. The van der Waals surface area contributed by atoms with Crippen LogP contribution in [0.3, 0.4) is 0 Å². The van der Waals surface area contributed by atoms with Crippen LogP contribution < -0.4 is 0 Å². The Bertz CT molecular complexity index is 1250. The van der Waals surface area contributed by atoms with Gasteiger partial charge in [-0.15, -0.1) is 0 Å². The predicted octanol–water partition coefficient (Wildman–Crippen LogP) is 8.41. The fraction of sp³-hybridized carbons (Fsp3) is 0.714. The molecule has 0 heterocycles. The molecule has 0 unspecified atom stereocenters. The summed E-state index contributed by atoms with van der Waals surface area (Å²) in [5.41, 5.74) is 0. The SMILES string of the molecule is O=S(=O)(O)C(F)(F)C(F)(F)C(F)(F)C(F)(F)/C(F)=C(F)/C(F)=C(\F)C(F)(F)C(F)(F)C(F)(F)C(F)(F)C(F)(F)C(F)(F)F. The highest BCUT2D eigenvalue weighted by atomic mass is 32.2. The predicted molar refractivity (Wildman–Crippen MR) is 80.6 cm³/mol. The van der Waals surface area contributed by atoms with E-state index in [1.165, 1.54) is 0 Å². The number of allylic oxidation sites excluding steroid dienone is 4. The molecule has 3 nitrogen and oxygen atoms in total. The quantitative estimate of drug-likeness (QED) is 0.132. The lowest BCUT2D eigenvalue weighted by Crippen LogP contribution is -2.70. The second-order valence-corrected chi connectivity index (χ2v) is 8.80. The van der Waals surface area contributed by atoms with Crippen LogP contribution in [0.25, 0.3) is 0 Å². The highest BCUT2D eigenvalue weighted by Gasteiger charge is 2.91. The molecule has 0 spiro atoms. The molecule has 0 aliphatic carbocycles. The van der Waals surface area contributed by atoms with Crippen molar-refractivity contribution in [3.8, 4) is 0 Å². The lowest BCUT2D eigenvalue weighted by atomic mass is 9.93. The topological polar surface area (TPSA) is 54.4 Å². The lowest BCUT2D eigenvalue weighted by Gasteiger charge is -2.39. The Morgan fingerprint density at radius 1 is 0.395 bits per heavy atom. The summed E-state index contributed by atoms with van der Waals surface area (Å²) in [4.78, 5) is 0. The van der Waals surface area contributed by atoms with Gasteiger partial charge >= 0.3 is 68.9 Å². The molecule has 0 aromatic rings. The van der Waals surface area contributed by atoms with Gasteiger partial charge in [0.1, 0.15) is 0 Å². The number of halogens is 25. The molecule has 0 saturated heterocycles. The molecule has 0 saturated carbocycles. The van der Waals surface area contributed by atoms with E-state index in [2.05, 4.69) is 0 Å². The van der Waals surface area contributed by atoms with E-state index >= 15 is 0 Å². The Morgan fingerprint density at radius 3 is 0.860 bits per heavy atom. The first-order chi connectivity index (χ1) is 18.1. The molecule has 0 rings (SSSR count). The zero-order valence-corrected chi connectivity index (χ0v) is 18.9. The van der Waals surface area contributed by atoms with E-state index in [1.807, 2.05) is 0 Å². The number of hydrogen-bond donors (Lipinski definition) is 1. The molecule has 0 atom stereocenters. The zero-order valence-electron chi connectivity index (χ0n) is 18.1. The van der Waals surface area contributed by atoms with Crippen LogP contribution in [0.5, 0.6) is 0 Å². The maximum atomic E-state index is 13.5. The van der Waals surface area contributed by atoms with Crippen LogP contribution in [0, 0.1) is 0 Å². The van der Waals surface area contributed by atoms with E-state index in [0.717, 1.165) is 0 Å². The summed E-state index contributed by atoms with van der Waals surface area (Å²) in [6.45, 7) is 0. The second-order valence-electron chi connectivity index (χ2n) is 7.34. The monoisotopic (exact) mass is 724 g/mol. The van der Waals surface area contributed by atoms with Crippen molar-refractivity contribution in [2.75, 3.05) is 0 Å². The van der Waals surface area contributed by atoms with Crippen LogP contribution in [0.2, 0.25) is 0 Å². The maximum absolute atomic E-state index is 13.5. The largest absolute Gasteiger partial charge is 0.460 e. The molecule has 1 N–H and O–H groups in total. The minimum Gasteiger partial charge on any atom is -0.281 e.